The van der Waals surface area contributed by atoms with Gasteiger partial charge in [0.25, 0.3) is 0 Å². The van der Waals surface area contributed by atoms with Crippen molar-refractivity contribution in [1.82, 2.24) is 0 Å². The maximum atomic E-state index is 10.9. The molecule has 0 aliphatic heterocycles. The average molecular weight is 568 g/mol. The van der Waals surface area contributed by atoms with Gasteiger partial charge in [0.15, 0.2) is 0 Å². The number of phenolic OH excluding ortho intramolecular Hbond substituents is 1. The highest BCUT2D eigenvalue weighted by Gasteiger charge is 2.15. The summed E-state index contributed by atoms with van der Waals surface area (Å²) in [5, 5.41) is 15.0. The van der Waals surface area contributed by atoms with E-state index in [1.165, 1.54) is 22.3 Å². The summed E-state index contributed by atoms with van der Waals surface area (Å²) in [5.74, 6) is 0.305. The Labute approximate surface area is 258 Å². The molecule has 1 N–H and O–H groups in total. The third-order valence-electron chi connectivity index (χ3n) is 8.57. The molecule has 0 spiro atoms. The van der Waals surface area contributed by atoms with Gasteiger partial charge in [0, 0.05) is 22.4 Å². The third kappa shape index (κ3) is 5.01. The largest absolute Gasteiger partial charge is 0.507 e. The Kier molecular flexibility index (Phi) is 7.17. The molecule has 0 amide bonds. The first-order chi connectivity index (χ1) is 21.6. The van der Waals surface area contributed by atoms with Gasteiger partial charge in [0.2, 0.25) is 0 Å². The van der Waals surface area contributed by atoms with E-state index < -0.39 is 0 Å². The molecule has 2 nitrogen and oxygen atoms in total. The highest BCUT2D eigenvalue weighted by molar-refractivity contribution is 6.14. The maximum absolute atomic E-state index is 10.9. The molecule has 0 aromatic heterocycles. The van der Waals surface area contributed by atoms with Gasteiger partial charge in [0.05, 0.1) is 0 Å². The number of hydrogen-bond donors (Lipinski definition) is 1. The first-order valence-electron chi connectivity index (χ1n) is 15.0. The monoisotopic (exact) mass is 567 g/mol. The van der Waals surface area contributed by atoms with Gasteiger partial charge >= 0.3 is 0 Å². The summed E-state index contributed by atoms with van der Waals surface area (Å²) in [7, 11) is 0. The molecule has 0 saturated carbocycles. The summed E-state index contributed by atoms with van der Waals surface area (Å²) >= 11 is 0. The second-order valence-electron chi connectivity index (χ2n) is 11.2. The Balaban J connectivity index is 1.31. The minimum absolute atomic E-state index is 0.305. The molecule has 0 radical (unpaired) electrons. The molecule has 7 aromatic rings. The van der Waals surface area contributed by atoms with E-state index >= 15 is 0 Å². The molecule has 0 unspecified atom stereocenters. The van der Waals surface area contributed by atoms with E-state index in [1.807, 2.05) is 30.3 Å². The molecule has 7 aromatic carbocycles. The number of benzene rings is 7. The number of aromatic hydroxyl groups is 1. The van der Waals surface area contributed by atoms with E-state index in [0.29, 0.717) is 5.75 Å². The Hall–Kier alpha value is -5.60. The number of nitrogens with zero attached hydrogens (tertiary/aromatic N) is 1. The van der Waals surface area contributed by atoms with Crippen LogP contribution in [0.1, 0.15) is 19.4 Å². The van der Waals surface area contributed by atoms with E-state index in [9.17, 15) is 5.11 Å². The Morgan fingerprint density at radius 3 is 1.75 bits per heavy atom. The van der Waals surface area contributed by atoms with Gasteiger partial charge in [-0.3, -0.25) is 0 Å². The molecule has 0 atom stereocenters. The van der Waals surface area contributed by atoms with Gasteiger partial charge in [-0.05, 0) is 106 Å². The Morgan fingerprint density at radius 2 is 1.09 bits per heavy atom. The fraction of sp³-hybridized carbons (Fsp3) is 0.0476. The fourth-order valence-electron chi connectivity index (χ4n) is 6.07. The van der Waals surface area contributed by atoms with Crippen molar-refractivity contribution < 1.29 is 5.11 Å². The lowest BCUT2D eigenvalue weighted by atomic mass is 9.94. The normalized spacial score (nSPS) is 11.6. The van der Waals surface area contributed by atoms with Crippen LogP contribution in [0, 0.1) is 0 Å². The number of phenols is 1. The Morgan fingerprint density at radius 1 is 0.523 bits per heavy atom. The van der Waals surface area contributed by atoms with Crippen LogP contribution in [0.2, 0.25) is 0 Å². The molecule has 212 valence electrons. The van der Waals surface area contributed by atoms with Crippen molar-refractivity contribution >= 4 is 44.2 Å². The number of fused-ring (bicyclic) bond motifs is 3. The minimum Gasteiger partial charge on any atom is -0.507 e. The lowest BCUT2D eigenvalue weighted by Crippen LogP contribution is -2.09. The van der Waals surface area contributed by atoms with Crippen LogP contribution >= 0.6 is 0 Å². The molecule has 0 aliphatic carbocycles. The molecule has 0 aliphatic rings. The lowest BCUT2D eigenvalue weighted by molar-refractivity contribution is 0.482. The maximum Gasteiger partial charge on any atom is 0.124 e. The predicted molar refractivity (Wildman–Crippen MR) is 188 cm³/mol. The first-order valence-corrected chi connectivity index (χ1v) is 15.0. The van der Waals surface area contributed by atoms with Gasteiger partial charge in [-0.1, -0.05) is 115 Å². The zero-order chi connectivity index (χ0) is 30.0. The van der Waals surface area contributed by atoms with Crippen molar-refractivity contribution in [2.24, 2.45) is 0 Å². The van der Waals surface area contributed by atoms with Gasteiger partial charge in [0.1, 0.15) is 5.75 Å². The second-order valence-corrected chi connectivity index (χ2v) is 11.2. The number of hydrogen-bond acceptors (Lipinski definition) is 2. The SMILES string of the molecule is C/C=C(\C)c1ccc(N(c2ccc(-c3ccccc3)cc2)c2ccc(-c3ccc(O)c4c3ccc3ccccc34)cc2)cc1. The molecule has 0 fully saturated rings. The van der Waals surface area contributed by atoms with Gasteiger partial charge < -0.3 is 10.0 Å². The number of anilines is 3. The van der Waals surface area contributed by atoms with E-state index in [1.54, 1.807) is 0 Å². The van der Waals surface area contributed by atoms with Crippen LogP contribution in [0.3, 0.4) is 0 Å². The minimum atomic E-state index is 0.305. The summed E-state index contributed by atoms with van der Waals surface area (Å²) in [5.41, 5.74) is 10.3. The van der Waals surface area contributed by atoms with E-state index in [0.717, 1.165) is 49.7 Å². The fourth-order valence-corrected chi connectivity index (χ4v) is 6.07. The number of rotatable bonds is 6. The van der Waals surface area contributed by atoms with E-state index in [2.05, 4.69) is 146 Å². The van der Waals surface area contributed by atoms with E-state index in [4.69, 9.17) is 0 Å². The highest BCUT2D eigenvalue weighted by Crippen LogP contribution is 2.41. The van der Waals surface area contributed by atoms with Crippen molar-refractivity contribution in [3.8, 4) is 28.0 Å². The zero-order valence-electron chi connectivity index (χ0n) is 24.9. The lowest BCUT2D eigenvalue weighted by Gasteiger charge is -2.26. The smallest absolute Gasteiger partial charge is 0.124 e. The van der Waals surface area contributed by atoms with Crippen LogP contribution in [0.5, 0.6) is 5.75 Å². The molecule has 44 heavy (non-hydrogen) atoms. The summed E-state index contributed by atoms with van der Waals surface area (Å²) in [6, 6.07) is 53.1. The third-order valence-corrected chi connectivity index (χ3v) is 8.57. The molecule has 2 heteroatoms. The highest BCUT2D eigenvalue weighted by atomic mass is 16.3. The average Bonchev–Trinajstić information content (AvgIpc) is 3.09. The summed E-state index contributed by atoms with van der Waals surface area (Å²) in [6.45, 7) is 4.22. The molecular weight excluding hydrogens is 534 g/mol. The first kappa shape index (κ1) is 27.2. The molecule has 7 rings (SSSR count). The quantitative estimate of drug-likeness (QED) is 0.202. The standard InChI is InChI=1S/C42H33NO/c1-3-29(2)30-13-20-35(21-14-30)43(36-22-15-32(16-23-36)31-9-5-4-6-10-31)37-24-17-34(18-25-37)38-27-28-41(44)42-39-12-8-7-11-33(39)19-26-40(38)42/h3-28,44H,1-2H3/b29-3+. The molecule has 0 bridgehead atoms. The van der Waals surface area contributed by atoms with Crippen LogP contribution in [0.4, 0.5) is 17.1 Å². The van der Waals surface area contributed by atoms with Crippen molar-refractivity contribution in [3.63, 3.8) is 0 Å². The molecule has 0 saturated heterocycles. The van der Waals surface area contributed by atoms with Gasteiger partial charge in [-0.25, -0.2) is 0 Å². The van der Waals surface area contributed by atoms with Crippen LogP contribution < -0.4 is 4.90 Å². The summed E-state index contributed by atoms with van der Waals surface area (Å²) in [4.78, 5) is 2.30. The van der Waals surface area contributed by atoms with Gasteiger partial charge in [-0.15, -0.1) is 0 Å². The second kappa shape index (κ2) is 11.6. The summed E-state index contributed by atoms with van der Waals surface area (Å²) < 4.78 is 0. The predicted octanol–water partition coefficient (Wildman–Crippen LogP) is 11.9. The van der Waals surface area contributed by atoms with Crippen molar-refractivity contribution in [2.75, 3.05) is 4.90 Å². The van der Waals surface area contributed by atoms with Crippen molar-refractivity contribution in [2.45, 2.75) is 13.8 Å². The van der Waals surface area contributed by atoms with Crippen molar-refractivity contribution in [3.05, 3.63) is 163 Å². The zero-order valence-corrected chi connectivity index (χ0v) is 24.9. The van der Waals surface area contributed by atoms with Crippen LogP contribution in [0.15, 0.2) is 158 Å². The van der Waals surface area contributed by atoms with Crippen LogP contribution in [0.25, 0.3) is 49.4 Å². The molecular formula is C42H33NO. The molecule has 0 heterocycles. The van der Waals surface area contributed by atoms with Gasteiger partial charge in [-0.2, -0.15) is 0 Å². The Bertz CT molecular complexity index is 2110. The topological polar surface area (TPSA) is 23.5 Å². The van der Waals surface area contributed by atoms with Crippen LogP contribution in [-0.2, 0) is 0 Å². The van der Waals surface area contributed by atoms with E-state index in [-0.39, 0.29) is 0 Å². The van der Waals surface area contributed by atoms with Crippen LogP contribution in [-0.4, -0.2) is 5.11 Å². The van der Waals surface area contributed by atoms with Crippen molar-refractivity contribution in [1.29, 1.82) is 0 Å². The number of allylic oxidation sites excluding steroid dienone is 2. The summed E-state index contributed by atoms with van der Waals surface area (Å²) in [6.07, 6.45) is 2.14.